The van der Waals surface area contributed by atoms with Gasteiger partial charge in [-0.2, -0.15) is 31.6 Å². The van der Waals surface area contributed by atoms with Gasteiger partial charge in [-0.05, 0) is 61.0 Å². The quantitative estimate of drug-likeness (QED) is 0.165. The molecular weight excluding hydrogens is 636 g/mol. The fraction of sp³-hybridized carbons (Fsp3) is 0.310. The lowest BCUT2D eigenvalue weighted by molar-refractivity contribution is -0.143. The number of anilines is 2. The van der Waals surface area contributed by atoms with E-state index in [0.29, 0.717) is 34.8 Å². The zero-order valence-electron chi connectivity index (χ0n) is 25.0. The molecule has 248 valence electrons. The van der Waals surface area contributed by atoms with Gasteiger partial charge < -0.3 is 9.47 Å². The fourth-order valence-corrected chi connectivity index (χ4v) is 4.95. The van der Waals surface area contributed by atoms with Gasteiger partial charge in [-0.1, -0.05) is 6.08 Å². The number of halogens is 6. The number of H-pyrrole nitrogens is 1. The maximum atomic E-state index is 13.7. The van der Waals surface area contributed by atoms with Gasteiger partial charge in [-0.25, -0.2) is 25.1 Å². The first kappa shape index (κ1) is 33.1. The van der Waals surface area contributed by atoms with E-state index in [1.54, 1.807) is 32.1 Å². The zero-order chi connectivity index (χ0) is 33.9. The van der Waals surface area contributed by atoms with Crippen molar-refractivity contribution in [2.45, 2.75) is 45.2 Å². The Morgan fingerprint density at radius 3 is 2.38 bits per heavy atom. The van der Waals surface area contributed by atoms with Crippen LogP contribution in [0.5, 0.6) is 5.88 Å². The average Bonchev–Trinajstić information content (AvgIpc) is 3.58. The van der Waals surface area contributed by atoms with Crippen molar-refractivity contribution >= 4 is 17.6 Å². The van der Waals surface area contributed by atoms with Crippen LogP contribution >= 0.6 is 0 Å². The van der Waals surface area contributed by atoms with Crippen molar-refractivity contribution in [3.8, 4) is 17.3 Å². The molecule has 12 nitrogen and oxygen atoms in total. The maximum absolute atomic E-state index is 13.7. The van der Waals surface area contributed by atoms with E-state index in [1.165, 1.54) is 35.3 Å². The lowest BCUT2D eigenvalue weighted by Crippen LogP contribution is -2.45. The first-order valence-corrected chi connectivity index (χ1v) is 14.0. The molecule has 1 aliphatic rings. The largest absolute Gasteiger partial charge is 0.481 e. The second-order valence-corrected chi connectivity index (χ2v) is 10.1. The third-order valence-corrected chi connectivity index (χ3v) is 7.07. The summed E-state index contributed by atoms with van der Waals surface area (Å²) in [5, 5.41) is 14.9. The molecule has 0 fully saturated rings. The van der Waals surface area contributed by atoms with Crippen molar-refractivity contribution in [3.63, 3.8) is 0 Å². The molecule has 0 saturated heterocycles. The molecule has 2 N–H and O–H groups in total. The van der Waals surface area contributed by atoms with E-state index in [2.05, 4.69) is 36.0 Å². The molecule has 4 aromatic rings. The number of carbonyl (C=O) groups is 1. The van der Waals surface area contributed by atoms with Crippen LogP contribution in [0.3, 0.4) is 0 Å². The van der Waals surface area contributed by atoms with E-state index in [9.17, 15) is 31.1 Å². The number of hydrogen-bond acceptors (Lipinski definition) is 10. The minimum atomic E-state index is -5.04. The molecule has 0 radical (unpaired) electrons. The van der Waals surface area contributed by atoms with E-state index >= 15 is 0 Å². The second kappa shape index (κ2) is 13.2. The van der Waals surface area contributed by atoms with Gasteiger partial charge in [-0.3, -0.25) is 5.01 Å². The number of aromatic amines is 1. The number of amides is 1. The van der Waals surface area contributed by atoms with Crippen LogP contribution in [0.15, 0.2) is 60.4 Å². The Balaban J connectivity index is 1.60. The van der Waals surface area contributed by atoms with Crippen molar-refractivity contribution in [2.75, 3.05) is 23.6 Å². The number of nitrogens with one attached hydrogen (secondary N) is 2. The molecule has 1 aliphatic heterocycles. The van der Waals surface area contributed by atoms with Crippen LogP contribution < -0.4 is 20.1 Å². The van der Waals surface area contributed by atoms with E-state index in [4.69, 9.17) is 9.47 Å². The van der Waals surface area contributed by atoms with Crippen molar-refractivity contribution < 1.29 is 40.6 Å². The molecule has 5 rings (SSSR count). The number of tetrazole rings is 1. The number of rotatable bonds is 8. The van der Waals surface area contributed by atoms with Crippen molar-refractivity contribution in [3.05, 3.63) is 82.8 Å². The summed E-state index contributed by atoms with van der Waals surface area (Å²) in [5.41, 5.74) is 1.52. The molecule has 0 spiro atoms. The van der Waals surface area contributed by atoms with Crippen LogP contribution in [-0.2, 0) is 23.6 Å². The number of aromatic nitrogens is 6. The van der Waals surface area contributed by atoms with Crippen LogP contribution in [0.4, 0.5) is 42.6 Å². The standard InChI is InChI=1S/C29H27F6N9O3/c1-4-20-13-21(25-22(7-9-24(37-25)46-3)44(20)27(45)47-5-2)40-43(23-8-6-17(14-36-23)26-38-41-42-39-26)15-16-10-18(28(30,31)32)12-19(11-16)29(33,34)35/h4,6-12,14,21,40H,5,13,15H2,1-3H3,(H,38,39,41,42)/b20-4+. The Hall–Kier alpha value is -5.26. The van der Waals surface area contributed by atoms with Gasteiger partial charge in [0, 0.05) is 29.9 Å². The minimum absolute atomic E-state index is 0.0646. The number of allylic oxidation sites excluding steroid dienone is 1. The normalized spacial score (nSPS) is 15.8. The van der Waals surface area contributed by atoms with Crippen molar-refractivity contribution in [2.24, 2.45) is 0 Å². The van der Waals surface area contributed by atoms with Gasteiger partial charge >= 0.3 is 18.4 Å². The van der Waals surface area contributed by atoms with Crippen LogP contribution in [0.25, 0.3) is 11.4 Å². The molecule has 18 heteroatoms. The van der Waals surface area contributed by atoms with Crippen LogP contribution in [-0.4, -0.2) is 50.4 Å². The zero-order valence-corrected chi connectivity index (χ0v) is 25.0. The summed E-state index contributed by atoms with van der Waals surface area (Å²) in [7, 11) is 1.40. The predicted molar refractivity (Wildman–Crippen MR) is 155 cm³/mol. The summed E-state index contributed by atoms with van der Waals surface area (Å²) in [5.74, 6) is 0.540. The Morgan fingerprint density at radius 2 is 1.83 bits per heavy atom. The predicted octanol–water partition coefficient (Wildman–Crippen LogP) is 6.23. The Morgan fingerprint density at radius 1 is 1.11 bits per heavy atom. The molecule has 0 bridgehead atoms. The van der Waals surface area contributed by atoms with E-state index in [-0.39, 0.29) is 42.2 Å². The van der Waals surface area contributed by atoms with Gasteiger partial charge in [0.2, 0.25) is 11.7 Å². The maximum Gasteiger partial charge on any atom is 0.418 e. The number of hydrazine groups is 1. The summed E-state index contributed by atoms with van der Waals surface area (Å²) in [4.78, 5) is 23.3. The first-order chi connectivity index (χ1) is 22.3. The number of pyridine rings is 2. The SMILES string of the molecule is C/C=C1\CC(NN(Cc2cc(C(F)(F)F)cc(C(F)(F)F)c2)c2ccc(-c3nn[nH]n3)cn2)c2nc(OC)ccc2N1C(=O)OCC. The number of benzene rings is 1. The van der Waals surface area contributed by atoms with Gasteiger partial charge in [-0.15, -0.1) is 10.2 Å². The highest BCUT2D eigenvalue weighted by Crippen LogP contribution is 2.41. The second-order valence-electron chi connectivity index (χ2n) is 10.1. The van der Waals surface area contributed by atoms with Crippen LogP contribution in [0.1, 0.15) is 48.7 Å². The summed E-state index contributed by atoms with van der Waals surface area (Å²) < 4.78 is 92.9. The third-order valence-electron chi connectivity index (χ3n) is 7.07. The number of carbonyl (C=O) groups excluding carboxylic acids is 1. The van der Waals surface area contributed by atoms with Gasteiger partial charge in [0.25, 0.3) is 0 Å². The number of nitrogens with zero attached hydrogens (tertiary/aromatic N) is 7. The fourth-order valence-electron chi connectivity index (χ4n) is 4.95. The first-order valence-electron chi connectivity index (χ1n) is 14.0. The Labute approximate surface area is 263 Å². The number of alkyl halides is 6. The molecule has 47 heavy (non-hydrogen) atoms. The molecule has 3 aromatic heterocycles. The van der Waals surface area contributed by atoms with Gasteiger partial charge in [0.15, 0.2) is 0 Å². The lowest BCUT2D eigenvalue weighted by Gasteiger charge is -2.38. The summed E-state index contributed by atoms with van der Waals surface area (Å²) >= 11 is 0. The highest BCUT2D eigenvalue weighted by atomic mass is 19.4. The Kier molecular flexibility index (Phi) is 9.32. The molecule has 1 aromatic carbocycles. The highest BCUT2D eigenvalue weighted by molar-refractivity contribution is 5.93. The molecule has 1 unspecified atom stereocenters. The molecule has 4 heterocycles. The summed E-state index contributed by atoms with van der Waals surface area (Å²) in [6, 6.07) is 6.77. The number of ether oxygens (including phenoxy) is 2. The molecular formula is C29H27F6N9O3. The number of fused-ring (bicyclic) bond motifs is 1. The van der Waals surface area contributed by atoms with Crippen molar-refractivity contribution in [1.29, 1.82) is 0 Å². The molecule has 0 aliphatic carbocycles. The van der Waals surface area contributed by atoms with E-state index < -0.39 is 42.2 Å². The van der Waals surface area contributed by atoms with E-state index in [1.807, 2.05) is 0 Å². The third kappa shape index (κ3) is 7.26. The van der Waals surface area contributed by atoms with Gasteiger partial charge in [0.05, 0.1) is 48.8 Å². The van der Waals surface area contributed by atoms with Gasteiger partial charge in [0.1, 0.15) is 5.82 Å². The summed E-state index contributed by atoms with van der Waals surface area (Å²) in [6.07, 6.45) is -7.58. The Bertz CT molecular complexity index is 1710. The van der Waals surface area contributed by atoms with Crippen molar-refractivity contribution in [1.82, 2.24) is 36.0 Å². The van der Waals surface area contributed by atoms with E-state index in [0.717, 1.165) is 0 Å². The summed E-state index contributed by atoms with van der Waals surface area (Å²) in [6.45, 7) is 2.96. The average molecular weight is 664 g/mol. The topological polar surface area (TPSA) is 134 Å². The molecule has 0 saturated carbocycles. The minimum Gasteiger partial charge on any atom is -0.481 e. The smallest absolute Gasteiger partial charge is 0.418 e. The molecule has 1 atom stereocenters. The monoisotopic (exact) mass is 663 g/mol. The number of methoxy groups -OCH3 is 1. The number of hydrogen-bond donors (Lipinski definition) is 2. The molecule has 1 amide bonds. The lowest BCUT2D eigenvalue weighted by atomic mass is 9.99. The highest BCUT2D eigenvalue weighted by Gasteiger charge is 2.38. The van der Waals surface area contributed by atoms with Crippen LogP contribution in [0.2, 0.25) is 0 Å². The van der Waals surface area contributed by atoms with Crippen LogP contribution in [0, 0.1) is 0 Å².